The number of alkyl halides is 1. The number of hydrogen-bond acceptors (Lipinski definition) is 3. The number of hydrogen-bond donors (Lipinski definition) is 0. The number of carbonyl (C=O) groups is 1. The van der Waals surface area contributed by atoms with E-state index < -0.39 is 0 Å². The number of anilines is 1. The van der Waals surface area contributed by atoms with E-state index in [1.165, 1.54) is 0 Å². The maximum Gasteiger partial charge on any atom is 0.156 e. The van der Waals surface area contributed by atoms with Crippen molar-refractivity contribution in [2.75, 3.05) is 31.0 Å². The Morgan fingerprint density at radius 2 is 1.63 bits per heavy atom. The number of Topliss-reactive ketones (excluding diaryl/α,β-unsaturated/α-hetero) is 1. The largest absolute Gasteiger partial charge is 0.489 e. The van der Waals surface area contributed by atoms with E-state index in [1.807, 2.05) is 36.2 Å². The van der Waals surface area contributed by atoms with Crippen LogP contribution >= 0.6 is 34.8 Å². The summed E-state index contributed by atoms with van der Waals surface area (Å²) in [6, 6.07) is 11.9. The van der Waals surface area contributed by atoms with Crippen molar-refractivity contribution in [2.24, 2.45) is 0 Å². The van der Waals surface area contributed by atoms with Crippen molar-refractivity contribution >= 4 is 46.3 Å². The lowest BCUT2D eigenvalue weighted by Crippen LogP contribution is -2.24. The molecule has 0 aliphatic rings. The van der Waals surface area contributed by atoms with Gasteiger partial charge in [0.15, 0.2) is 5.75 Å². The van der Waals surface area contributed by atoms with Gasteiger partial charge in [-0.2, -0.15) is 0 Å². The van der Waals surface area contributed by atoms with Gasteiger partial charge in [0.25, 0.3) is 0 Å². The lowest BCUT2D eigenvalue weighted by atomic mass is 9.78. The Balaban J connectivity index is 2.31. The maximum absolute atomic E-state index is 11.3. The summed E-state index contributed by atoms with van der Waals surface area (Å²) in [6.45, 7) is 6.55. The Hall–Kier alpha value is -1.42. The van der Waals surface area contributed by atoms with Crippen molar-refractivity contribution < 1.29 is 9.53 Å². The molecule has 0 aromatic heterocycles. The molecule has 2 aromatic rings. The standard InChI is InChI=1S/C21H24Cl3NO2/c1-14(26)13-25(4)17-7-5-15(6-8-17)21(2,3)16-11-18(23)20(19(24)12-16)27-10-9-22/h5-8,11-12H,9-10,13H2,1-4H3. The Bertz CT molecular complexity index is 781. The zero-order valence-corrected chi connectivity index (χ0v) is 18.3. The second-order valence-corrected chi connectivity index (χ2v) is 8.23. The van der Waals surface area contributed by atoms with E-state index >= 15 is 0 Å². The highest BCUT2D eigenvalue weighted by Crippen LogP contribution is 2.40. The van der Waals surface area contributed by atoms with Crippen molar-refractivity contribution in [3.63, 3.8) is 0 Å². The van der Waals surface area contributed by atoms with Gasteiger partial charge in [-0.15, -0.1) is 11.6 Å². The van der Waals surface area contributed by atoms with Crippen LogP contribution in [0.15, 0.2) is 36.4 Å². The van der Waals surface area contributed by atoms with Crippen molar-refractivity contribution in [3.8, 4) is 5.75 Å². The highest BCUT2D eigenvalue weighted by molar-refractivity contribution is 6.37. The highest BCUT2D eigenvalue weighted by Gasteiger charge is 2.25. The smallest absolute Gasteiger partial charge is 0.156 e. The van der Waals surface area contributed by atoms with E-state index in [4.69, 9.17) is 39.5 Å². The first-order valence-corrected chi connectivity index (χ1v) is 9.95. The topological polar surface area (TPSA) is 29.5 Å². The third kappa shape index (κ3) is 5.31. The molecule has 0 radical (unpaired) electrons. The zero-order chi connectivity index (χ0) is 20.2. The summed E-state index contributed by atoms with van der Waals surface area (Å²) in [5.74, 6) is 0.951. The highest BCUT2D eigenvalue weighted by atomic mass is 35.5. The van der Waals surface area contributed by atoms with Gasteiger partial charge in [-0.1, -0.05) is 49.2 Å². The molecule has 2 aromatic carbocycles. The molecule has 27 heavy (non-hydrogen) atoms. The van der Waals surface area contributed by atoms with Gasteiger partial charge in [0.2, 0.25) is 0 Å². The maximum atomic E-state index is 11.3. The quantitative estimate of drug-likeness (QED) is 0.486. The van der Waals surface area contributed by atoms with Crippen LogP contribution in [0, 0.1) is 0 Å². The number of nitrogens with zero attached hydrogens (tertiary/aromatic N) is 1. The summed E-state index contributed by atoms with van der Waals surface area (Å²) in [5.41, 5.74) is 2.78. The van der Waals surface area contributed by atoms with E-state index in [2.05, 4.69) is 26.0 Å². The minimum Gasteiger partial charge on any atom is -0.489 e. The van der Waals surface area contributed by atoms with Crippen LogP contribution < -0.4 is 9.64 Å². The molecule has 0 N–H and O–H groups in total. The summed E-state index contributed by atoms with van der Waals surface area (Å²) in [4.78, 5) is 13.2. The van der Waals surface area contributed by atoms with Crippen molar-refractivity contribution in [3.05, 3.63) is 57.6 Å². The van der Waals surface area contributed by atoms with E-state index in [-0.39, 0.29) is 11.2 Å². The van der Waals surface area contributed by atoms with Crippen LogP contribution in [0.1, 0.15) is 31.9 Å². The molecule has 0 saturated heterocycles. The number of ketones is 1. The molecule has 0 amide bonds. The number of benzene rings is 2. The van der Waals surface area contributed by atoms with Crippen LogP contribution in [0.5, 0.6) is 5.75 Å². The molecule has 0 heterocycles. The monoisotopic (exact) mass is 427 g/mol. The fraction of sp³-hybridized carbons (Fsp3) is 0.381. The molecule has 0 aliphatic heterocycles. The lowest BCUT2D eigenvalue weighted by molar-refractivity contribution is -0.115. The molecule has 6 heteroatoms. The van der Waals surface area contributed by atoms with Gasteiger partial charge in [-0.3, -0.25) is 4.79 Å². The molecule has 3 nitrogen and oxygen atoms in total. The fourth-order valence-electron chi connectivity index (χ4n) is 2.92. The molecular formula is C21H24Cl3NO2. The summed E-state index contributed by atoms with van der Waals surface area (Å²) in [5, 5.41) is 0.932. The van der Waals surface area contributed by atoms with E-state index in [0.717, 1.165) is 16.8 Å². The van der Waals surface area contributed by atoms with Crippen LogP contribution in [-0.4, -0.2) is 31.9 Å². The number of likely N-dealkylation sites (N-methyl/N-ethyl adjacent to an activating group) is 1. The molecule has 0 fully saturated rings. The summed E-state index contributed by atoms with van der Waals surface area (Å²) in [6.07, 6.45) is 0. The molecule has 0 aliphatic carbocycles. The third-order valence-corrected chi connectivity index (χ3v) is 5.25. The van der Waals surface area contributed by atoms with E-state index in [1.54, 1.807) is 6.92 Å². The SMILES string of the molecule is CC(=O)CN(C)c1ccc(C(C)(C)c2cc(Cl)c(OCCCl)c(Cl)c2)cc1. The van der Waals surface area contributed by atoms with Crippen molar-refractivity contribution in [1.29, 1.82) is 0 Å². The average molecular weight is 429 g/mol. The summed E-state index contributed by atoms with van der Waals surface area (Å²) >= 11 is 18.4. The van der Waals surface area contributed by atoms with E-state index in [9.17, 15) is 4.79 Å². The van der Waals surface area contributed by atoms with Crippen LogP contribution in [0.2, 0.25) is 10.0 Å². The van der Waals surface area contributed by atoms with E-state index in [0.29, 0.717) is 34.8 Å². The van der Waals surface area contributed by atoms with Gasteiger partial charge in [-0.05, 0) is 42.3 Å². The Labute approximate surface area is 176 Å². The van der Waals surface area contributed by atoms with Gasteiger partial charge >= 0.3 is 0 Å². The number of carbonyl (C=O) groups excluding carboxylic acids is 1. The Morgan fingerprint density at radius 1 is 1.07 bits per heavy atom. The minimum atomic E-state index is -0.310. The van der Waals surface area contributed by atoms with Gasteiger partial charge in [0.1, 0.15) is 12.4 Å². The van der Waals surface area contributed by atoms with Crippen LogP contribution in [0.3, 0.4) is 0 Å². The van der Waals surface area contributed by atoms with Gasteiger partial charge in [0.05, 0.1) is 22.5 Å². The summed E-state index contributed by atoms with van der Waals surface area (Å²) < 4.78 is 5.53. The van der Waals surface area contributed by atoms with Gasteiger partial charge in [-0.25, -0.2) is 0 Å². The van der Waals surface area contributed by atoms with Crippen LogP contribution in [0.4, 0.5) is 5.69 Å². The molecular weight excluding hydrogens is 405 g/mol. The molecule has 146 valence electrons. The second-order valence-electron chi connectivity index (χ2n) is 7.04. The Morgan fingerprint density at radius 3 is 2.11 bits per heavy atom. The first kappa shape index (κ1) is 21.9. The van der Waals surface area contributed by atoms with Gasteiger partial charge in [0, 0.05) is 18.2 Å². The van der Waals surface area contributed by atoms with Gasteiger partial charge < -0.3 is 9.64 Å². The van der Waals surface area contributed by atoms with Crippen LogP contribution in [0.25, 0.3) is 0 Å². The first-order chi connectivity index (χ1) is 12.7. The molecule has 0 bridgehead atoms. The average Bonchev–Trinajstić information content (AvgIpc) is 2.60. The molecule has 0 spiro atoms. The van der Waals surface area contributed by atoms with Crippen LogP contribution in [-0.2, 0) is 10.2 Å². The number of rotatable bonds is 8. The Kier molecular flexibility index (Phi) is 7.44. The third-order valence-electron chi connectivity index (χ3n) is 4.53. The zero-order valence-electron chi connectivity index (χ0n) is 16.0. The summed E-state index contributed by atoms with van der Waals surface area (Å²) in [7, 11) is 1.90. The lowest BCUT2D eigenvalue weighted by Gasteiger charge is -2.28. The minimum absolute atomic E-state index is 0.127. The molecule has 0 saturated carbocycles. The first-order valence-electron chi connectivity index (χ1n) is 8.66. The molecule has 0 atom stereocenters. The molecule has 2 rings (SSSR count). The molecule has 0 unspecified atom stereocenters. The number of ether oxygens (including phenoxy) is 1. The predicted octanol–water partition coefficient (Wildman–Crippen LogP) is 5.96. The normalized spacial score (nSPS) is 11.4. The second kappa shape index (κ2) is 9.18. The predicted molar refractivity (Wildman–Crippen MR) is 115 cm³/mol. The number of halogens is 3. The fourth-order valence-corrected chi connectivity index (χ4v) is 3.60. The van der Waals surface area contributed by atoms with Crippen molar-refractivity contribution in [2.45, 2.75) is 26.2 Å². The van der Waals surface area contributed by atoms with Crippen molar-refractivity contribution in [1.82, 2.24) is 0 Å².